The smallest absolute Gasteiger partial charge is 0.0875 e. The summed E-state index contributed by atoms with van der Waals surface area (Å²) >= 11 is 0. The molecule has 270 valence electrons. The number of fused-ring (bicyclic) bond motifs is 28. The molecular formula is C45H84O. The molecule has 11 aliphatic rings. The van der Waals surface area contributed by atoms with E-state index in [0.29, 0.717) is 0 Å². The van der Waals surface area contributed by atoms with Gasteiger partial charge in [-0.05, 0) is 151 Å². The molecular weight excluding hydrogens is 556 g/mol. The van der Waals surface area contributed by atoms with Crippen molar-refractivity contribution < 1.29 is 4.74 Å². The Hall–Kier alpha value is -0.300. The SMILES string of the molecule is C.C.C.C1=CC2CC1C1C3CC(CCCC4CC5CC4C4C6CC(C54)C4C5CC(C7OC57)C64)C(C3)C21.CC.CC.CC.CC.CC. The van der Waals surface area contributed by atoms with Crippen molar-refractivity contribution in [2.45, 2.75) is 168 Å². The lowest BCUT2D eigenvalue weighted by atomic mass is 9.58. The van der Waals surface area contributed by atoms with Crippen LogP contribution < -0.4 is 0 Å². The quantitative estimate of drug-likeness (QED) is 0.169. The zero-order valence-corrected chi connectivity index (χ0v) is 30.2. The maximum atomic E-state index is 6.17. The summed E-state index contributed by atoms with van der Waals surface area (Å²) in [6.45, 7) is 20.0. The number of hydrogen-bond acceptors (Lipinski definition) is 1. The predicted octanol–water partition coefficient (Wildman–Crippen LogP) is 13.5. The minimum Gasteiger partial charge on any atom is -0.369 e. The Balaban J connectivity index is 0.000000411. The van der Waals surface area contributed by atoms with E-state index < -0.39 is 0 Å². The molecule has 11 rings (SSSR count). The second-order valence-electron chi connectivity index (χ2n) is 15.8. The van der Waals surface area contributed by atoms with Crippen molar-refractivity contribution in [1.82, 2.24) is 0 Å². The molecule has 0 aromatic carbocycles. The van der Waals surface area contributed by atoms with Crippen molar-refractivity contribution in [3.63, 3.8) is 0 Å². The van der Waals surface area contributed by atoms with Crippen LogP contribution in [0.15, 0.2) is 12.2 Å². The van der Waals surface area contributed by atoms with Gasteiger partial charge in [0.15, 0.2) is 0 Å². The minimum absolute atomic E-state index is 0. The first-order chi connectivity index (χ1) is 21.3. The molecule has 0 spiro atoms. The maximum Gasteiger partial charge on any atom is 0.0875 e. The Kier molecular flexibility index (Phi) is 14.1. The molecule has 0 aromatic rings. The lowest BCUT2D eigenvalue weighted by Crippen LogP contribution is -2.44. The van der Waals surface area contributed by atoms with Crippen LogP contribution in [0.1, 0.15) is 156 Å². The first-order valence-electron chi connectivity index (χ1n) is 20.7. The van der Waals surface area contributed by atoms with Crippen LogP contribution in [0.4, 0.5) is 0 Å². The Morgan fingerprint density at radius 2 is 0.826 bits per heavy atom. The molecule has 0 N–H and O–H groups in total. The van der Waals surface area contributed by atoms with Gasteiger partial charge >= 0.3 is 0 Å². The lowest BCUT2D eigenvalue weighted by Gasteiger charge is -2.46. The van der Waals surface area contributed by atoms with Crippen molar-refractivity contribution in [3.05, 3.63) is 12.2 Å². The molecule has 1 heteroatoms. The van der Waals surface area contributed by atoms with Crippen LogP contribution >= 0.6 is 0 Å². The first kappa shape index (κ1) is 40.1. The van der Waals surface area contributed by atoms with Gasteiger partial charge in [-0.3, -0.25) is 0 Å². The fourth-order valence-electron chi connectivity index (χ4n) is 15.7. The number of ether oxygens (including phenoxy) is 1. The highest BCUT2D eigenvalue weighted by Gasteiger charge is 2.77. The third kappa shape index (κ3) is 5.47. The summed E-state index contributed by atoms with van der Waals surface area (Å²) in [7, 11) is 0. The molecule has 10 aliphatic carbocycles. The third-order valence-electron chi connectivity index (χ3n) is 15.7. The van der Waals surface area contributed by atoms with Gasteiger partial charge in [0.25, 0.3) is 0 Å². The monoisotopic (exact) mass is 641 g/mol. The second-order valence-corrected chi connectivity index (χ2v) is 15.8. The van der Waals surface area contributed by atoms with Gasteiger partial charge in [-0.15, -0.1) is 0 Å². The fraction of sp³-hybridized carbons (Fsp3) is 0.956. The summed E-state index contributed by atoms with van der Waals surface area (Å²) in [5.74, 6) is 20.1. The van der Waals surface area contributed by atoms with Crippen molar-refractivity contribution in [2.75, 3.05) is 0 Å². The normalized spacial score (nSPS) is 53.3. The Bertz CT molecular complexity index is 953. The molecule has 46 heavy (non-hydrogen) atoms. The van der Waals surface area contributed by atoms with Gasteiger partial charge in [0.05, 0.1) is 12.2 Å². The highest BCUT2D eigenvalue weighted by Crippen LogP contribution is 2.79. The van der Waals surface area contributed by atoms with Crippen LogP contribution in [0.2, 0.25) is 0 Å². The maximum absolute atomic E-state index is 6.17. The average molecular weight is 641 g/mol. The van der Waals surface area contributed by atoms with Gasteiger partial charge in [-0.1, -0.05) is 123 Å². The topological polar surface area (TPSA) is 12.5 Å². The summed E-state index contributed by atoms with van der Waals surface area (Å²) < 4.78 is 6.17. The van der Waals surface area contributed by atoms with Gasteiger partial charge < -0.3 is 4.74 Å². The van der Waals surface area contributed by atoms with Gasteiger partial charge in [0.1, 0.15) is 0 Å². The van der Waals surface area contributed by atoms with Gasteiger partial charge in [0, 0.05) is 0 Å². The van der Waals surface area contributed by atoms with E-state index in [0.717, 1.165) is 107 Å². The van der Waals surface area contributed by atoms with E-state index in [1.54, 1.807) is 64.2 Å². The van der Waals surface area contributed by atoms with E-state index in [9.17, 15) is 0 Å². The van der Waals surface area contributed by atoms with Gasteiger partial charge in [-0.25, -0.2) is 0 Å². The molecule has 9 saturated carbocycles. The lowest BCUT2D eigenvalue weighted by molar-refractivity contribution is 0.0135. The van der Waals surface area contributed by atoms with E-state index >= 15 is 0 Å². The minimum atomic E-state index is 0. The van der Waals surface area contributed by atoms with Crippen LogP contribution in [0.5, 0.6) is 0 Å². The highest BCUT2D eigenvalue weighted by atomic mass is 16.6. The van der Waals surface area contributed by atoms with E-state index in [-0.39, 0.29) is 22.3 Å². The molecule has 10 bridgehead atoms. The van der Waals surface area contributed by atoms with Gasteiger partial charge in [0.2, 0.25) is 0 Å². The largest absolute Gasteiger partial charge is 0.369 e. The molecule has 1 saturated heterocycles. The first-order valence-corrected chi connectivity index (χ1v) is 20.7. The fourth-order valence-corrected chi connectivity index (χ4v) is 15.7. The standard InChI is InChI=1S/C32H42O.5C2H6.3CH4/c1(2-13-6-17-9-19(13)26-16-5-4-15(8-16)25(17)26)3-14-7-18-10-20(14)28-22-11-21(27(18)28)29-23-12-24(30(22)29)32-31(23)33-32;5*1-2;;;/h4-5,13-32H,1-3,6-12H2;5*1-2H3;3*1H4. The van der Waals surface area contributed by atoms with Gasteiger partial charge in [-0.2, -0.15) is 0 Å². The molecule has 0 radical (unpaired) electrons. The Morgan fingerprint density at radius 1 is 0.413 bits per heavy atom. The highest BCUT2D eigenvalue weighted by molar-refractivity contribution is 5.25. The van der Waals surface area contributed by atoms with E-state index in [1.807, 2.05) is 69.2 Å². The second kappa shape index (κ2) is 16.2. The Morgan fingerprint density at radius 3 is 1.37 bits per heavy atom. The predicted molar refractivity (Wildman–Crippen MR) is 204 cm³/mol. The van der Waals surface area contributed by atoms with Crippen molar-refractivity contribution in [3.8, 4) is 0 Å². The molecule has 1 aliphatic heterocycles. The number of allylic oxidation sites excluding steroid dienone is 2. The zero-order valence-electron chi connectivity index (χ0n) is 30.2. The van der Waals surface area contributed by atoms with E-state index in [4.69, 9.17) is 4.74 Å². The van der Waals surface area contributed by atoms with Crippen molar-refractivity contribution in [2.24, 2.45) is 107 Å². The van der Waals surface area contributed by atoms with E-state index in [1.165, 1.54) is 11.8 Å². The summed E-state index contributed by atoms with van der Waals surface area (Å²) in [5.41, 5.74) is 0. The average Bonchev–Trinajstić information content (AvgIpc) is 3.89. The molecule has 0 aromatic heterocycles. The van der Waals surface area contributed by atoms with Crippen molar-refractivity contribution >= 4 is 0 Å². The van der Waals surface area contributed by atoms with Crippen LogP contribution in [-0.2, 0) is 4.74 Å². The molecule has 0 amide bonds. The summed E-state index contributed by atoms with van der Waals surface area (Å²) in [6, 6.07) is 0. The summed E-state index contributed by atoms with van der Waals surface area (Å²) in [5, 5.41) is 0. The summed E-state index contributed by atoms with van der Waals surface area (Å²) in [4.78, 5) is 0. The zero-order chi connectivity index (χ0) is 30.7. The van der Waals surface area contributed by atoms with E-state index in [2.05, 4.69) is 12.2 Å². The third-order valence-corrected chi connectivity index (χ3v) is 15.7. The molecule has 10 fully saturated rings. The molecule has 1 nitrogen and oxygen atoms in total. The summed E-state index contributed by atoms with van der Waals surface area (Å²) in [6.07, 6.45) is 22.9. The number of epoxide rings is 1. The molecule has 20 atom stereocenters. The van der Waals surface area contributed by atoms with Crippen LogP contribution in [0, 0.1) is 107 Å². The molecule has 20 unspecified atom stereocenters. The Labute approximate surface area is 290 Å². The number of hydrogen-bond donors (Lipinski definition) is 0. The molecule has 1 heterocycles. The van der Waals surface area contributed by atoms with Crippen LogP contribution in [-0.4, -0.2) is 12.2 Å². The number of rotatable bonds is 4. The van der Waals surface area contributed by atoms with Crippen LogP contribution in [0.3, 0.4) is 0 Å². The van der Waals surface area contributed by atoms with Crippen molar-refractivity contribution in [1.29, 1.82) is 0 Å². The van der Waals surface area contributed by atoms with Crippen LogP contribution in [0.25, 0.3) is 0 Å².